The van der Waals surface area contributed by atoms with Gasteiger partial charge in [-0.25, -0.2) is 4.79 Å². The summed E-state index contributed by atoms with van der Waals surface area (Å²) in [5.41, 5.74) is -0.870. The Balaban J connectivity index is 3.54. The Kier molecular flexibility index (Phi) is 2.39. The fraction of sp³-hybridized carbons (Fsp3) is 0. The zero-order chi connectivity index (χ0) is 12.8. The van der Waals surface area contributed by atoms with E-state index in [1.165, 1.54) is 0 Å². The third-order valence-corrected chi connectivity index (χ3v) is 3.45. The van der Waals surface area contributed by atoms with Gasteiger partial charge in [-0.05, 0) is 34.1 Å². The van der Waals surface area contributed by atoms with Crippen LogP contribution in [-0.4, -0.2) is 11.1 Å². The molecule has 0 saturated carbocycles. The SMILES string of the molecule is O=C(O)c1cc(S(F)(F)(F)(F)F)ccc1Br. The molecule has 16 heavy (non-hydrogen) atoms. The van der Waals surface area contributed by atoms with Gasteiger partial charge < -0.3 is 5.11 Å². The van der Waals surface area contributed by atoms with Crippen molar-refractivity contribution in [1.29, 1.82) is 0 Å². The molecule has 0 aliphatic carbocycles. The minimum atomic E-state index is -9.82. The van der Waals surface area contributed by atoms with E-state index in [4.69, 9.17) is 5.11 Å². The molecule has 0 radical (unpaired) electrons. The van der Waals surface area contributed by atoms with Crippen LogP contribution in [0.25, 0.3) is 0 Å². The molecule has 1 aromatic rings. The Hall–Kier alpha value is -0.830. The topological polar surface area (TPSA) is 37.3 Å². The molecule has 0 heterocycles. The Morgan fingerprint density at radius 3 is 2.06 bits per heavy atom. The molecule has 0 spiro atoms. The average molecular weight is 327 g/mol. The molecule has 0 atom stereocenters. The number of halogens is 6. The Labute approximate surface area is 94.9 Å². The number of carbonyl (C=O) groups is 1. The van der Waals surface area contributed by atoms with Gasteiger partial charge in [0.05, 0.1) is 5.56 Å². The molecule has 0 saturated heterocycles. The van der Waals surface area contributed by atoms with E-state index >= 15 is 0 Å². The highest BCUT2D eigenvalue weighted by Gasteiger charge is 2.65. The number of hydrogen-bond acceptors (Lipinski definition) is 1. The lowest BCUT2D eigenvalue weighted by Crippen LogP contribution is -2.08. The van der Waals surface area contributed by atoms with Crippen molar-refractivity contribution in [3.63, 3.8) is 0 Å². The van der Waals surface area contributed by atoms with Crippen molar-refractivity contribution < 1.29 is 29.3 Å². The van der Waals surface area contributed by atoms with Gasteiger partial charge in [-0.3, -0.25) is 0 Å². The van der Waals surface area contributed by atoms with Crippen LogP contribution in [0, 0.1) is 0 Å². The van der Waals surface area contributed by atoms with Crippen LogP contribution < -0.4 is 0 Å². The van der Waals surface area contributed by atoms with Crippen molar-refractivity contribution >= 4 is 32.1 Å². The predicted molar refractivity (Wildman–Crippen MR) is 52.5 cm³/mol. The molecule has 0 unspecified atom stereocenters. The number of carboxylic acid groups (broad SMARTS) is 1. The molecule has 1 rings (SSSR count). The van der Waals surface area contributed by atoms with Gasteiger partial charge in [-0.2, -0.15) is 0 Å². The zero-order valence-electron chi connectivity index (χ0n) is 7.26. The summed E-state index contributed by atoms with van der Waals surface area (Å²) in [7, 11) is -9.82. The van der Waals surface area contributed by atoms with E-state index in [0.717, 1.165) is 0 Å². The standard InChI is InChI=1S/C7H4BrF5O2S/c8-6-2-1-4(3-5(6)7(14)15)16(9,10,11,12)13/h1-3H,(H,14,15). The van der Waals surface area contributed by atoms with Crippen LogP contribution in [0.1, 0.15) is 10.4 Å². The first-order valence-electron chi connectivity index (χ1n) is 3.58. The van der Waals surface area contributed by atoms with Crippen LogP contribution in [0.5, 0.6) is 0 Å². The largest absolute Gasteiger partial charge is 0.478 e. The van der Waals surface area contributed by atoms with Crippen LogP contribution in [-0.2, 0) is 0 Å². The molecular formula is C7H4BrF5O2S. The minimum Gasteiger partial charge on any atom is -0.478 e. The summed E-state index contributed by atoms with van der Waals surface area (Å²) in [6.07, 6.45) is 0. The molecule has 0 amide bonds. The molecule has 0 bridgehead atoms. The summed E-state index contributed by atoms with van der Waals surface area (Å²) >= 11 is 2.65. The van der Waals surface area contributed by atoms with Gasteiger partial charge in [-0.15, -0.1) is 0 Å². The van der Waals surface area contributed by atoms with Gasteiger partial charge in [-0.1, -0.05) is 19.4 Å². The number of carboxylic acids is 1. The fourth-order valence-electron chi connectivity index (χ4n) is 0.908. The number of rotatable bonds is 2. The van der Waals surface area contributed by atoms with E-state index in [-0.39, 0.29) is 16.6 Å². The lowest BCUT2D eigenvalue weighted by Gasteiger charge is -2.40. The first kappa shape index (κ1) is 13.2. The third kappa shape index (κ3) is 2.85. The van der Waals surface area contributed by atoms with Gasteiger partial charge in [0, 0.05) is 4.47 Å². The molecule has 0 aliphatic heterocycles. The van der Waals surface area contributed by atoms with E-state index < -0.39 is 26.7 Å². The lowest BCUT2D eigenvalue weighted by molar-refractivity contribution is 0.0695. The minimum absolute atomic E-state index is 0.0893. The van der Waals surface area contributed by atoms with Gasteiger partial charge in [0.25, 0.3) is 0 Å². The van der Waals surface area contributed by atoms with Gasteiger partial charge >= 0.3 is 16.2 Å². The smallest absolute Gasteiger partial charge is 0.336 e. The van der Waals surface area contributed by atoms with Crippen molar-refractivity contribution in [2.75, 3.05) is 0 Å². The first-order valence-corrected chi connectivity index (χ1v) is 6.32. The lowest BCUT2D eigenvalue weighted by atomic mass is 10.2. The highest BCUT2D eigenvalue weighted by molar-refractivity contribution is 9.10. The Morgan fingerprint density at radius 2 is 1.69 bits per heavy atom. The van der Waals surface area contributed by atoms with Crippen molar-refractivity contribution in [3.8, 4) is 0 Å². The van der Waals surface area contributed by atoms with E-state index in [1.807, 2.05) is 0 Å². The maximum atomic E-state index is 12.3. The summed E-state index contributed by atoms with van der Waals surface area (Å²) in [6, 6.07) is 0.669. The van der Waals surface area contributed by atoms with Crippen LogP contribution in [0.4, 0.5) is 19.4 Å². The van der Waals surface area contributed by atoms with Crippen molar-refractivity contribution in [2.45, 2.75) is 4.90 Å². The average Bonchev–Trinajstić information content (AvgIpc) is 1.99. The first-order chi connectivity index (χ1) is 6.81. The maximum Gasteiger partial charge on any atom is 0.336 e. The molecule has 92 valence electrons. The fourth-order valence-corrected chi connectivity index (χ4v) is 1.99. The monoisotopic (exact) mass is 326 g/mol. The molecule has 9 heteroatoms. The second-order valence-corrected chi connectivity index (χ2v) is 6.18. The van der Waals surface area contributed by atoms with Crippen LogP contribution in [0.3, 0.4) is 0 Å². The summed E-state index contributed by atoms with van der Waals surface area (Å²) in [6.45, 7) is 0. The van der Waals surface area contributed by atoms with E-state index in [9.17, 15) is 24.2 Å². The van der Waals surface area contributed by atoms with Gasteiger partial charge in [0.1, 0.15) is 4.90 Å². The van der Waals surface area contributed by atoms with Crippen molar-refractivity contribution in [1.82, 2.24) is 0 Å². The zero-order valence-corrected chi connectivity index (χ0v) is 9.67. The third-order valence-electron chi connectivity index (χ3n) is 1.61. The number of aromatic carboxylic acids is 1. The summed E-state index contributed by atoms with van der Waals surface area (Å²) in [5, 5.41) is 8.49. The second-order valence-electron chi connectivity index (χ2n) is 2.92. The summed E-state index contributed by atoms with van der Waals surface area (Å²) < 4.78 is 61.4. The molecule has 2 nitrogen and oxygen atoms in total. The predicted octanol–water partition coefficient (Wildman–Crippen LogP) is 4.80. The molecule has 1 N–H and O–H groups in total. The molecule has 0 aliphatic rings. The quantitative estimate of drug-likeness (QED) is 0.792. The maximum absolute atomic E-state index is 12.3. The van der Waals surface area contributed by atoms with Gasteiger partial charge in [0.15, 0.2) is 0 Å². The van der Waals surface area contributed by atoms with Gasteiger partial charge in [0.2, 0.25) is 0 Å². The highest BCUT2D eigenvalue weighted by Crippen LogP contribution is 3.02. The van der Waals surface area contributed by atoms with Crippen molar-refractivity contribution in [2.24, 2.45) is 0 Å². The van der Waals surface area contributed by atoms with Crippen LogP contribution in [0.15, 0.2) is 27.6 Å². The molecule has 0 fully saturated rings. The van der Waals surface area contributed by atoms with Crippen LogP contribution >= 0.6 is 26.2 Å². The highest BCUT2D eigenvalue weighted by atomic mass is 79.9. The molecule has 1 aromatic carbocycles. The summed E-state index contributed by atoms with van der Waals surface area (Å²) in [4.78, 5) is 8.26. The normalized spacial score (nSPS) is 16.4. The van der Waals surface area contributed by atoms with Crippen molar-refractivity contribution in [3.05, 3.63) is 28.2 Å². The Bertz CT molecular complexity index is 469. The Morgan fingerprint density at radius 1 is 1.19 bits per heavy atom. The van der Waals surface area contributed by atoms with E-state index in [1.54, 1.807) is 0 Å². The second kappa shape index (κ2) is 2.89. The van der Waals surface area contributed by atoms with Crippen LogP contribution in [0.2, 0.25) is 0 Å². The summed E-state index contributed by atoms with van der Waals surface area (Å²) in [5.74, 6) is -1.73. The number of benzene rings is 1. The molecular weight excluding hydrogens is 323 g/mol. The number of hydrogen-bond donors (Lipinski definition) is 1. The van der Waals surface area contributed by atoms with E-state index in [0.29, 0.717) is 6.07 Å². The van der Waals surface area contributed by atoms with E-state index in [2.05, 4.69) is 15.9 Å². The molecule has 0 aromatic heterocycles.